The summed E-state index contributed by atoms with van der Waals surface area (Å²) < 4.78 is 5.44. The number of urea groups is 1. The summed E-state index contributed by atoms with van der Waals surface area (Å²) in [5.74, 6) is 0.667. The van der Waals surface area contributed by atoms with Gasteiger partial charge in [0.1, 0.15) is 5.75 Å². The van der Waals surface area contributed by atoms with E-state index < -0.39 is 0 Å². The first-order chi connectivity index (χ1) is 8.92. The Morgan fingerprint density at radius 1 is 1.32 bits per heavy atom. The first kappa shape index (κ1) is 15.1. The molecule has 0 bridgehead atoms. The van der Waals surface area contributed by atoms with Gasteiger partial charge in [-0.25, -0.2) is 4.79 Å². The van der Waals surface area contributed by atoms with E-state index in [2.05, 4.69) is 31.4 Å². The van der Waals surface area contributed by atoms with Gasteiger partial charge < -0.3 is 15.4 Å². The van der Waals surface area contributed by atoms with E-state index in [1.165, 1.54) is 0 Å². The lowest BCUT2D eigenvalue weighted by Gasteiger charge is -2.12. The molecule has 0 spiro atoms. The van der Waals surface area contributed by atoms with Crippen LogP contribution in [0.25, 0.3) is 0 Å². The lowest BCUT2D eigenvalue weighted by molar-refractivity contribution is 0.254. The highest BCUT2D eigenvalue weighted by atomic mass is 16.5. The second-order valence-corrected chi connectivity index (χ2v) is 5.23. The Morgan fingerprint density at radius 2 is 2.00 bits per heavy atom. The summed E-state index contributed by atoms with van der Waals surface area (Å²) in [6.07, 6.45) is 3.58. The minimum Gasteiger partial charge on any atom is -0.492 e. The molecule has 0 radical (unpaired) electrons. The molecule has 0 atom stereocenters. The highest BCUT2D eigenvalue weighted by molar-refractivity contribution is 5.91. The lowest BCUT2D eigenvalue weighted by Crippen LogP contribution is -2.24. The van der Waals surface area contributed by atoms with Gasteiger partial charge in [0, 0.05) is 6.20 Å². The molecule has 4 heteroatoms. The average Bonchev–Trinajstić information content (AvgIpc) is 2.30. The summed E-state index contributed by atoms with van der Waals surface area (Å²) in [5, 5.41) is 5.43. The van der Waals surface area contributed by atoms with Crippen molar-refractivity contribution in [2.45, 2.75) is 27.7 Å². The monoisotopic (exact) mass is 262 g/mol. The molecule has 4 nitrogen and oxygen atoms in total. The number of rotatable bonds is 4. The second-order valence-electron chi connectivity index (χ2n) is 5.23. The molecule has 0 fully saturated rings. The highest BCUT2D eigenvalue weighted by Gasteiger charge is 2.07. The Morgan fingerprint density at radius 3 is 2.63 bits per heavy atom. The van der Waals surface area contributed by atoms with E-state index in [0.717, 1.165) is 0 Å². The number of para-hydroxylation sites is 2. The third kappa shape index (κ3) is 5.95. The molecule has 0 aliphatic heterocycles. The van der Waals surface area contributed by atoms with Crippen molar-refractivity contribution < 1.29 is 9.53 Å². The summed E-state index contributed by atoms with van der Waals surface area (Å²) in [7, 11) is 0. The Kier molecular flexibility index (Phi) is 5.42. The summed E-state index contributed by atoms with van der Waals surface area (Å²) in [6.45, 7) is 8.65. The number of benzene rings is 1. The fourth-order valence-electron chi connectivity index (χ4n) is 1.38. The molecule has 0 saturated heterocycles. The van der Waals surface area contributed by atoms with Crippen LogP contribution in [0.1, 0.15) is 27.7 Å². The van der Waals surface area contributed by atoms with Crippen LogP contribution in [0, 0.1) is 5.41 Å². The number of nitrogens with one attached hydrogen (secondary N) is 2. The Bertz CT molecular complexity index is 448. The van der Waals surface area contributed by atoms with Gasteiger partial charge >= 0.3 is 6.03 Å². The van der Waals surface area contributed by atoms with Crippen molar-refractivity contribution in [2.24, 2.45) is 5.41 Å². The zero-order chi connectivity index (χ0) is 14.3. The molecule has 1 aromatic carbocycles. The third-order valence-corrected chi connectivity index (χ3v) is 2.23. The van der Waals surface area contributed by atoms with E-state index >= 15 is 0 Å². The van der Waals surface area contributed by atoms with E-state index in [4.69, 9.17) is 4.74 Å². The van der Waals surface area contributed by atoms with Gasteiger partial charge in [0.15, 0.2) is 0 Å². The third-order valence-electron chi connectivity index (χ3n) is 2.23. The molecule has 0 aromatic heterocycles. The number of hydrogen-bond donors (Lipinski definition) is 2. The Balaban J connectivity index is 2.60. The molecule has 0 aliphatic carbocycles. The maximum Gasteiger partial charge on any atom is 0.323 e. The van der Waals surface area contributed by atoms with Gasteiger partial charge in [-0.05, 0) is 24.5 Å². The number of ether oxygens (including phenoxy) is 1. The van der Waals surface area contributed by atoms with Crippen molar-refractivity contribution >= 4 is 11.7 Å². The van der Waals surface area contributed by atoms with Crippen LogP contribution in [0.3, 0.4) is 0 Å². The summed E-state index contributed by atoms with van der Waals surface area (Å²) in [5.41, 5.74) is 0.697. The van der Waals surface area contributed by atoms with Crippen molar-refractivity contribution in [1.82, 2.24) is 5.32 Å². The molecule has 0 saturated carbocycles. The van der Waals surface area contributed by atoms with Crippen LogP contribution in [0.5, 0.6) is 5.75 Å². The molecule has 2 amide bonds. The normalized spacial score (nSPS) is 11.4. The predicted octanol–water partition coefficient (Wildman–Crippen LogP) is 3.77. The lowest BCUT2D eigenvalue weighted by atomic mass is 9.97. The smallest absolute Gasteiger partial charge is 0.323 e. The minimum atomic E-state index is -0.285. The van der Waals surface area contributed by atoms with Gasteiger partial charge in [-0.1, -0.05) is 39.0 Å². The standard InChI is InChI=1S/C15H22N2O2/c1-5-19-13-9-7-6-8-12(13)17-14(18)16-11-10-15(2,3)4/h6-11H,5H2,1-4H3,(H2,16,17,18)/b11-10+. The molecule has 104 valence electrons. The second kappa shape index (κ2) is 6.83. The highest BCUT2D eigenvalue weighted by Crippen LogP contribution is 2.23. The Labute approximate surface area is 114 Å². The number of hydrogen-bond acceptors (Lipinski definition) is 2. The first-order valence-corrected chi connectivity index (χ1v) is 6.39. The maximum atomic E-state index is 11.7. The predicted molar refractivity (Wildman–Crippen MR) is 78.4 cm³/mol. The van der Waals surface area contributed by atoms with Gasteiger partial charge in [0.2, 0.25) is 0 Å². The van der Waals surface area contributed by atoms with E-state index in [1.54, 1.807) is 12.3 Å². The van der Waals surface area contributed by atoms with Crippen LogP contribution in [-0.4, -0.2) is 12.6 Å². The van der Waals surface area contributed by atoms with Crippen molar-refractivity contribution in [2.75, 3.05) is 11.9 Å². The van der Waals surface area contributed by atoms with E-state index in [9.17, 15) is 4.79 Å². The van der Waals surface area contributed by atoms with Crippen LogP contribution >= 0.6 is 0 Å². The molecule has 2 N–H and O–H groups in total. The van der Waals surface area contributed by atoms with Crippen molar-refractivity contribution in [3.8, 4) is 5.75 Å². The SMILES string of the molecule is CCOc1ccccc1NC(=O)N/C=C/C(C)(C)C. The molecule has 0 heterocycles. The van der Waals surface area contributed by atoms with Crippen molar-refractivity contribution in [3.05, 3.63) is 36.5 Å². The van der Waals surface area contributed by atoms with E-state index in [-0.39, 0.29) is 11.4 Å². The number of anilines is 1. The largest absolute Gasteiger partial charge is 0.492 e. The topological polar surface area (TPSA) is 50.4 Å². The summed E-state index contributed by atoms with van der Waals surface area (Å²) in [4.78, 5) is 11.7. The minimum absolute atomic E-state index is 0.0382. The van der Waals surface area contributed by atoms with Gasteiger partial charge in [0.05, 0.1) is 12.3 Å². The maximum absolute atomic E-state index is 11.7. The Hall–Kier alpha value is -1.97. The van der Waals surface area contributed by atoms with Gasteiger partial charge in [-0.3, -0.25) is 0 Å². The summed E-state index contributed by atoms with van der Waals surface area (Å²) in [6, 6.07) is 7.06. The van der Waals surface area contributed by atoms with Gasteiger partial charge in [-0.2, -0.15) is 0 Å². The van der Waals surface area contributed by atoms with E-state index in [1.807, 2.05) is 31.2 Å². The van der Waals surface area contributed by atoms with Crippen LogP contribution in [0.15, 0.2) is 36.5 Å². The quantitative estimate of drug-likeness (QED) is 0.867. The van der Waals surface area contributed by atoms with Crippen LogP contribution in [0.2, 0.25) is 0 Å². The number of allylic oxidation sites excluding steroid dienone is 1. The zero-order valence-corrected chi connectivity index (χ0v) is 12.0. The average molecular weight is 262 g/mol. The number of carbonyl (C=O) groups is 1. The number of amides is 2. The van der Waals surface area contributed by atoms with Crippen LogP contribution < -0.4 is 15.4 Å². The fraction of sp³-hybridized carbons (Fsp3) is 0.400. The van der Waals surface area contributed by atoms with Crippen molar-refractivity contribution in [1.29, 1.82) is 0 Å². The number of carbonyl (C=O) groups excluding carboxylic acids is 1. The van der Waals surface area contributed by atoms with Crippen LogP contribution in [0.4, 0.5) is 10.5 Å². The van der Waals surface area contributed by atoms with Gasteiger partial charge in [0.25, 0.3) is 0 Å². The van der Waals surface area contributed by atoms with Gasteiger partial charge in [-0.15, -0.1) is 0 Å². The first-order valence-electron chi connectivity index (χ1n) is 6.39. The van der Waals surface area contributed by atoms with E-state index in [0.29, 0.717) is 18.0 Å². The molecule has 1 rings (SSSR count). The molecule has 0 unspecified atom stereocenters. The fourth-order valence-corrected chi connectivity index (χ4v) is 1.38. The zero-order valence-electron chi connectivity index (χ0n) is 12.0. The van der Waals surface area contributed by atoms with Crippen molar-refractivity contribution in [3.63, 3.8) is 0 Å². The molecular weight excluding hydrogens is 240 g/mol. The van der Waals surface area contributed by atoms with Crippen LogP contribution in [-0.2, 0) is 0 Å². The molecular formula is C15H22N2O2. The summed E-state index contributed by atoms with van der Waals surface area (Å²) >= 11 is 0. The molecule has 1 aromatic rings. The molecule has 19 heavy (non-hydrogen) atoms. The molecule has 0 aliphatic rings.